The number of carbonyl (C=O) groups is 2. The van der Waals surface area contributed by atoms with Crippen LogP contribution in [0.5, 0.6) is 0 Å². The summed E-state index contributed by atoms with van der Waals surface area (Å²) in [4.78, 5) is 32.5. The first-order valence-corrected chi connectivity index (χ1v) is 9.03. The number of rotatable bonds is 6. The Morgan fingerprint density at radius 2 is 1.96 bits per heavy atom. The van der Waals surface area contributed by atoms with Gasteiger partial charge in [-0.05, 0) is 36.4 Å². The zero-order valence-electron chi connectivity index (χ0n) is 13.0. The molecule has 0 bridgehead atoms. The molecular formula is C17H14N4O2S2. The first-order chi connectivity index (χ1) is 12.1. The average molecular weight is 370 g/mol. The minimum atomic E-state index is -0.454. The lowest BCUT2D eigenvalue weighted by atomic mass is 10.2. The highest BCUT2D eigenvalue weighted by atomic mass is 32.2. The fraction of sp³-hybridized carbons (Fsp3) is 0.0588. The Bertz CT molecular complexity index is 879. The summed E-state index contributed by atoms with van der Waals surface area (Å²) in [6, 6.07) is 13.0. The number of anilines is 1. The normalized spacial score (nSPS) is 10.4. The van der Waals surface area contributed by atoms with Gasteiger partial charge in [0.2, 0.25) is 5.91 Å². The van der Waals surface area contributed by atoms with Crippen LogP contribution >= 0.6 is 23.1 Å². The highest BCUT2D eigenvalue weighted by molar-refractivity contribution is 7.99. The van der Waals surface area contributed by atoms with Crippen molar-refractivity contribution in [2.24, 2.45) is 5.73 Å². The van der Waals surface area contributed by atoms with Gasteiger partial charge in [0.05, 0.1) is 12.1 Å². The first-order valence-electron chi connectivity index (χ1n) is 7.33. The van der Waals surface area contributed by atoms with Gasteiger partial charge >= 0.3 is 0 Å². The number of carbonyl (C=O) groups excluding carboxylic acids is 2. The van der Waals surface area contributed by atoms with Crippen molar-refractivity contribution in [2.45, 2.75) is 16.3 Å². The Morgan fingerprint density at radius 3 is 2.64 bits per heavy atom. The monoisotopic (exact) mass is 370 g/mol. The lowest BCUT2D eigenvalue weighted by Gasteiger charge is -2.04. The molecule has 126 valence electrons. The highest BCUT2D eigenvalue weighted by Gasteiger charge is 2.10. The molecule has 0 radical (unpaired) electrons. The molecule has 3 N–H and O–H groups in total. The van der Waals surface area contributed by atoms with E-state index in [0.717, 1.165) is 9.92 Å². The van der Waals surface area contributed by atoms with Crippen LogP contribution in [0.4, 0.5) is 5.13 Å². The van der Waals surface area contributed by atoms with Crippen molar-refractivity contribution in [1.29, 1.82) is 0 Å². The zero-order valence-corrected chi connectivity index (χ0v) is 14.6. The van der Waals surface area contributed by atoms with Crippen LogP contribution in [-0.2, 0) is 11.2 Å². The minimum absolute atomic E-state index is 0.0613. The molecule has 3 aromatic rings. The maximum Gasteiger partial charge on any atom is 0.257 e. The molecule has 0 aliphatic carbocycles. The maximum absolute atomic E-state index is 12.3. The van der Waals surface area contributed by atoms with Gasteiger partial charge in [-0.1, -0.05) is 17.8 Å². The number of hydrogen-bond acceptors (Lipinski definition) is 6. The molecule has 25 heavy (non-hydrogen) atoms. The van der Waals surface area contributed by atoms with E-state index >= 15 is 0 Å². The summed E-state index contributed by atoms with van der Waals surface area (Å²) in [7, 11) is 0. The molecule has 0 atom stereocenters. The van der Waals surface area contributed by atoms with E-state index in [2.05, 4.69) is 15.3 Å². The molecule has 6 nitrogen and oxygen atoms in total. The maximum atomic E-state index is 12.3. The molecule has 0 spiro atoms. The molecule has 1 aromatic carbocycles. The number of primary amides is 1. The second-order valence-corrected chi connectivity index (χ2v) is 6.99. The molecule has 8 heteroatoms. The third-order valence-corrected chi connectivity index (χ3v) is 4.87. The first kappa shape index (κ1) is 17.1. The minimum Gasteiger partial charge on any atom is -0.369 e. The molecule has 0 aliphatic rings. The predicted octanol–water partition coefficient (Wildman–Crippen LogP) is 2.97. The molecule has 2 amide bonds. The number of amides is 2. The van der Waals surface area contributed by atoms with Crippen LogP contribution in [0.2, 0.25) is 0 Å². The molecular weight excluding hydrogens is 356 g/mol. The Balaban J connectivity index is 1.62. The molecule has 3 rings (SSSR count). The van der Waals surface area contributed by atoms with Gasteiger partial charge in [-0.2, -0.15) is 0 Å². The number of nitrogens with one attached hydrogen (secondary N) is 1. The van der Waals surface area contributed by atoms with E-state index in [9.17, 15) is 9.59 Å². The number of thiazole rings is 1. The predicted molar refractivity (Wildman–Crippen MR) is 97.8 cm³/mol. The van der Waals surface area contributed by atoms with Crippen LogP contribution in [0, 0.1) is 0 Å². The number of benzene rings is 1. The molecule has 2 heterocycles. The van der Waals surface area contributed by atoms with Gasteiger partial charge in [-0.3, -0.25) is 14.9 Å². The second-order valence-electron chi connectivity index (χ2n) is 5.04. The number of nitrogens with two attached hydrogens (primary N) is 1. The summed E-state index contributed by atoms with van der Waals surface area (Å²) in [5.74, 6) is -0.710. The van der Waals surface area contributed by atoms with Crippen LogP contribution in [0.25, 0.3) is 0 Å². The number of aromatic nitrogens is 2. The summed E-state index contributed by atoms with van der Waals surface area (Å²) in [6.45, 7) is 0. The Hall–Kier alpha value is -2.71. The largest absolute Gasteiger partial charge is 0.369 e. The summed E-state index contributed by atoms with van der Waals surface area (Å²) in [5, 5.41) is 5.75. The van der Waals surface area contributed by atoms with Crippen LogP contribution in [0.3, 0.4) is 0 Å². The van der Waals surface area contributed by atoms with Crippen molar-refractivity contribution in [2.75, 3.05) is 5.32 Å². The van der Waals surface area contributed by atoms with Gasteiger partial charge in [0.1, 0.15) is 5.03 Å². The van der Waals surface area contributed by atoms with Crippen molar-refractivity contribution in [1.82, 2.24) is 9.97 Å². The number of hydrogen-bond donors (Lipinski definition) is 2. The average Bonchev–Trinajstić information content (AvgIpc) is 3.02. The lowest BCUT2D eigenvalue weighted by Crippen LogP contribution is -2.14. The summed E-state index contributed by atoms with van der Waals surface area (Å²) in [5.41, 5.74) is 6.20. The van der Waals surface area contributed by atoms with Gasteiger partial charge < -0.3 is 5.73 Å². The summed E-state index contributed by atoms with van der Waals surface area (Å²) in [6.07, 6.45) is 1.80. The van der Waals surface area contributed by atoms with Crippen LogP contribution in [0.1, 0.15) is 16.1 Å². The van der Waals surface area contributed by atoms with Gasteiger partial charge in [-0.25, -0.2) is 9.97 Å². The molecule has 0 aliphatic heterocycles. The van der Waals surface area contributed by atoms with E-state index in [1.54, 1.807) is 23.7 Å². The van der Waals surface area contributed by atoms with E-state index in [4.69, 9.17) is 5.73 Å². The number of nitrogens with zero attached hydrogens (tertiary/aromatic N) is 2. The van der Waals surface area contributed by atoms with Crippen molar-refractivity contribution in [3.8, 4) is 0 Å². The van der Waals surface area contributed by atoms with Crippen molar-refractivity contribution in [3.63, 3.8) is 0 Å². The third kappa shape index (κ3) is 4.88. The SMILES string of the molecule is NC(=O)Cc1csc(NC(=O)c2ccc(Sc3ccccn3)cc2)n1. The van der Waals surface area contributed by atoms with Crippen LogP contribution in [-0.4, -0.2) is 21.8 Å². The zero-order chi connectivity index (χ0) is 17.6. The van der Waals surface area contributed by atoms with Crippen molar-refractivity contribution >= 4 is 40.0 Å². The topological polar surface area (TPSA) is 98.0 Å². The quantitative estimate of drug-likeness (QED) is 0.695. The number of pyridine rings is 1. The fourth-order valence-corrected chi connectivity index (χ4v) is 3.48. The molecule has 0 saturated carbocycles. The Morgan fingerprint density at radius 1 is 1.16 bits per heavy atom. The molecule has 0 unspecified atom stereocenters. The summed E-state index contributed by atoms with van der Waals surface area (Å²) >= 11 is 2.78. The van der Waals surface area contributed by atoms with Crippen LogP contribution in [0.15, 0.2) is 64.0 Å². The highest BCUT2D eigenvalue weighted by Crippen LogP contribution is 2.26. The molecule has 0 fully saturated rings. The lowest BCUT2D eigenvalue weighted by molar-refractivity contribution is -0.117. The second kappa shape index (κ2) is 7.91. The molecule has 2 aromatic heterocycles. The van der Waals surface area contributed by atoms with E-state index in [1.807, 2.05) is 30.3 Å². The van der Waals surface area contributed by atoms with E-state index in [-0.39, 0.29) is 12.3 Å². The Labute approximate surface area is 152 Å². The van der Waals surface area contributed by atoms with Crippen molar-refractivity contribution in [3.05, 3.63) is 65.3 Å². The van der Waals surface area contributed by atoms with Gasteiger partial charge in [0, 0.05) is 22.0 Å². The van der Waals surface area contributed by atoms with Crippen LogP contribution < -0.4 is 11.1 Å². The smallest absolute Gasteiger partial charge is 0.257 e. The standard InChI is InChI=1S/C17H14N4O2S2/c18-14(22)9-12-10-24-17(20-12)21-16(23)11-4-6-13(7-5-11)25-15-3-1-2-8-19-15/h1-8,10H,9H2,(H2,18,22)(H,20,21,23). The van der Waals surface area contributed by atoms with Gasteiger partial charge in [0.15, 0.2) is 5.13 Å². The summed E-state index contributed by atoms with van der Waals surface area (Å²) < 4.78 is 0. The fourth-order valence-electron chi connectivity index (χ4n) is 2.00. The Kier molecular flexibility index (Phi) is 5.42. The van der Waals surface area contributed by atoms with Gasteiger partial charge in [-0.15, -0.1) is 11.3 Å². The van der Waals surface area contributed by atoms with Crippen molar-refractivity contribution < 1.29 is 9.59 Å². The van der Waals surface area contributed by atoms with E-state index < -0.39 is 5.91 Å². The van der Waals surface area contributed by atoms with E-state index in [0.29, 0.717) is 16.4 Å². The van der Waals surface area contributed by atoms with E-state index in [1.165, 1.54) is 23.1 Å². The third-order valence-electron chi connectivity index (χ3n) is 3.10. The van der Waals surface area contributed by atoms with Gasteiger partial charge in [0.25, 0.3) is 5.91 Å². The molecule has 0 saturated heterocycles.